The van der Waals surface area contributed by atoms with Gasteiger partial charge in [0.25, 0.3) is 0 Å². The molecule has 0 bridgehead atoms. The molecule has 90 valence electrons. The summed E-state index contributed by atoms with van der Waals surface area (Å²) >= 11 is 0. The summed E-state index contributed by atoms with van der Waals surface area (Å²) in [6, 6.07) is 7.45. The molecular weight excluding hydrogens is 224 g/mol. The minimum atomic E-state index is -3.24. The van der Waals surface area contributed by atoms with E-state index in [0.29, 0.717) is 12.2 Å². The third-order valence-corrected chi connectivity index (χ3v) is 3.56. The number of para-hydroxylation sites is 1. The van der Waals surface area contributed by atoms with Crippen molar-refractivity contribution in [1.29, 1.82) is 0 Å². The second-order valence-corrected chi connectivity index (χ2v) is 5.38. The van der Waals surface area contributed by atoms with Crippen LogP contribution in [0.1, 0.15) is 12.5 Å². The largest absolute Gasteiger partial charge is 0.319 e. The molecule has 0 amide bonds. The molecule has 0 unspecified atom stereocenters. The Morgan fingerprint density at radius 1 is 1.25 bits per heavy atom. The van der Waals surface area contributed by atoms with Crippen LogP contribution < -0.4 is 10.0 Å². The smallest absolute Gasteiger partial charge is 0.233 e. The van der Waals surface area contributed by atoms with Crippen LogP contribution in [0.25, 0.3) is 0 Å². The Kier molecular flexibility index (Phi) is 4.76. The van der Waals surface area contributed by atoms with Gasteiger partial charge in [-0.25, -0.2) is 8.42 Å². The molecule has 5 heteroatoms. The fourth-order valence-corrected chi connectivity index (χ4v) is 2.49. The van der Waals surface area contributed by atoms with E-state index in [9.17, 15) is 8.42 Å². The first-order chi connectivity index (χ1) is 7.59. The van der Waals surface area contributed by atoms with E-state index in [0.717, 1.165) is 12.0 Å². The van der Waals surface area contributed by atoms with E-state index in [1.807, 2.05) is 25.1 Å². The maximum Gasteiger partial charge on any atom is 0.233 e. The van der Waals surface area contributed by atoms with E-state index in [2.05, 4.69) is 10.0 Å². The molecule has 4 nitrogen and oxygen atoms in total. The van der Waals surface area contributed by atoms with Gasteiger partial charge in [-0.3, -0.25) is 4.72 Å². The van der Waals surface area contributed by atoms with Crippen LogP contribution in [0.15, 0.2) is 24.3 Å². The predicted octanol–water partition coefficient (Wildman–Crippen LogP) is 1.21. The van der Waals surface area contributed by atoms with Crippen LogP contribution in [-0.4, -0.2) is 27.8 Å². The fraction of sp³-hybridized carbons (Fsp3) is 0.455. The first kappa shape index (κ1) is 13.0. The lowest BCUT2D eigenvalue weighted by Crippen LogP contribution is -2.24. The van der Waals surface area contributed by atoms with Gasteiger partial charge in [0.15, 0.2) is 0 Å². The van der Waals surface area contributed by atoms with Gasteiger partial charge in [-0.2, -0.15) is 0 Å². The second-order valence-electron chi connectivity index (χ2n) is 3.54. The number of hydrogen-bond acceptors (Lipinski definition) is 3. The highest BCUT2D eigenvalue weighted by atomic mass is 32.2. The Bertz CT molecular complexity index is 429. The molecule has 0 fully saturated rings. The summed E-state index contributed by atoms with van der Waals surface area (Å²) in [5, 5.41) is 2.82. The molecule has 0 saturated heterocycles. The van der Waals surface area contributed by atoms with Crippen molar-refractivity contribution in [2.24, 2.45) is 0 Å². The Morgan fingerprint density at radius 3 is 2.56 bits per heavy atom. The molecule has 1 rings (SSSR count). The van der Waals surface area contributed by atoms with E-state index < -0.39 is 10.0 Å². The lowest BCUT2D eigenvalue weighted by atomic mass is 10.1. The number of anilines is 1. The number of rotatable bonds is 6. The molecule has 0 heterocycles. The lowest BCUT2D eigenvalue weighted by molar-refractivity contribution is 0.598. The van der Waals surface area contributed by atoms with Crippen molar-refractivity contribution < 1.29 is 8.42 Å². The van der Waals surface area contributed by atoms with E-state index in [4.69, 9.17) is 0 Å². The van der Waals surface area contributed by atoms with E-state index in [1.165, 1.54) is 0 Å². The van der Waals surface area contributed by atoms with Crippen molar-refractivity contribution in [3.63, 3.8) is 0 Å². The highest BCUT2D eigenvalue weighted by molar-refractivity contribution is 7.92. The van der Waals surface area contributed by atoms with Crippen LogP contribution in [-0.2, 0) is 16.4 Å². The molecule has 0 saturated carbocycles. The topological polar surface area (TPSA) is 58.2 Å². The normalized spacial score (nSPS) is 11.4. The minimum absolute atomic E-state index is 0.0849. The lowest BCUT2D eigenvalue weighted by Gasteiger charge is -2.11. The summed E-state index contributed by atoms with van der Waals surface area (Å²) in [6.07, 6.45) is 0.810. The van der Waals surface area contributed by atoms with E-state index in [-0.39, 0.29) is 5.75 Å². The monoisotopic (exact) mass is 242 g/mol. The maximum atomic E-state index is 11.7. The first-order valence-electron chi connectivity index (χ1n) is 5.32. The van der Waals surface area contributed by atoms with Gasteiger partial charge in [0.2, 0.25) is 10.0 Å². The molecule has 1 aromatic carbocycles. The summed E-state index contributed by atoms with van der Waals surface area (Å²) < 4.78 is 26.0. The van der Waals surface area contributed by atoms with Gasteiger partial charge in [0.1, 0.15) is 0 Å². The van der Waals surface area contributed by atoms with Gasteiger partial charge in [-0.15, -0.1) is 0 Å². The van der Waals surface area contributed by atoms with Crippen molar-refractivity contribution in [3.8, 4) is 0 Å². The Labute approximate surface area is 97.1 Å². The molecule has 2 N–H and O–H groups in total. The Hall–Kier alpha value is -1.07. The van der Waals surface area contributed by atoms with Gasteiger partial charge >= 0.3 is 0 Å². The number of aryl methyl sites for hydroxylation is 1. The van der Waals surface area contributed by atoms with Crippen LogP contribution in [0.4, 0.5) is 5.69 Å². The number of hydrogen-bond donors (Lipinski definition) is 2. The maximum absolute atomic E-state index is 11.7. The third-order valence-electron chi connectivity index (χ3n) is 2.28. The predicted molar refractivity (Wildman–Crippen MR) is 67.2 cm³/mol. The highest BCUT2D eigenvalue weighted by Crippen LogP contribution is 2.16. The van der Waals surface area contributed by atoms with Crippen LogP contribution in [0, 0.1) is 0 Å². The molecule has 0 aromatic heterocycles. The van der Waals surface area contributed by atoms with E-state index >= 15 is 0 Å². The molecule has 0 aliphatic rings. The molecule has 0 aliphatic carbocycles. The minimum Gasteiger partial charge on any atom is -0.319 e. The summed E-state index contributed by atoms with van der Waals surface area (Å²) in [7, 11) is -1.51. The van der Waals surface area contributed by atoms with Crippen molar-refractivity contribution in [2.45, 2.75) is 13.3 Å². The van der Waals surface area contributed by atoms with Crippen molar-refractivity contribution in [3.05, 3.63) is 29.8 Å². The first-order valence-corrected chi connectivity index (χ1v) is 6.97. The van der Waals surface area contributed by atoms with Gasteiger partial charge < -0.3 is 5.32 Å². The molecule has 0 spiro atoms. The standard InChI is InChI=1S/C11H18N2O2S/c1-3-10-6-4-5-7-11(10)13-16(14,15)9-8-12-2/h4-7,12-13H,3,8-9H2,1-2H3. The van der Waals surface area contributed by atoms with Gasteiger partial charge in [-0.1, -0.05) is 25.1 Å². The van der Waals surface area contributed by atoms with Crippen LogP contribution in [0.2, 0.25) is 0 Å². The summed E-state index contributed by atoms with van der Waals surface area (Å²) in [5.74, 6) is 0.0849. The molecular formula is C11H18N2O2S. The number of benzene rings is 1. The van der Waals surface area contributed by atoms with Crippen LogP contribution in [0.5, 0.6) is 0 Å². The van der Waals surface area contributed by atoms with Gasteiger partial charge in [-0.05, 0) is 25.1 Å². The summed E-state index contributed by atoms with van der Waals surface area (Å²) in [6.45, 7) is 2.45. The molecule has 0 radical (unpaired) electrons. The number of nitrogens with one attached hydrogen (secondary N) is 2. The quantitative estimate of drug-likeness (QED) is 0.788. The van der Waals surface area contributed by atoms with Gasteiger partial charge in [0, 0.05) is 6.54 Å². The Morgan fingerprint density at radius 2 is 1.94 bits per heavy atom. The van der Waals surface area contributed by atoms with Crippen molar-refractivity contribution in [1.82, 2.24) is 5.32 Å². The highest BCUT2D eigenvalue weighted by Gasteiger charge is 2.11. The van der Waals surface area contributed by atoms with Gasteiger partial charge in [0.05, 0.1) is 11.4 Å². The summed E-state index contributed by atoms with van der Waals surface area (Å²) in [5.41, 5.74) is 1.69. The zero-order valence-corrected chi connectivity index (χ0v) is 10.5. The van der Waals surface area contributed by atoms with Crippen LogP contribution in [0.3, 0.4) is 0 Å². The second kappa shape index (κ2) is 5.86. The third kappa shape index (κ3) is 3.83. The average molecular weight is 242 g/mol. The Balaban J connectivity index is 2.79. The average Bonchev–Trinajstić information content (AvgIpc) is 2.27. The zero-order valence-electron chi connectivity index (χ0n) is 9.66. The molecule has 0 atom stereocenters. The molecule has 16 heavy (non-hydrogen) atoms. The summed E-state index contributed by atoms with van der Waals surface area (Å²) in [4.78, 5) is 0. The van der Waals surface area contributed by atoms with E-state index in [1.54, 1.807) is 13.1 Å². The molecule has 0 aliphatic heterocycles. The molecule has 1 aromatic rings. The van der Waals surface area contributed by atoms with Crippen molar-refractivity contribution >= 4 is 15.7 Å². The van der Waals surface area contributed by atoms with Crippen LogP contribution >= 0.6 is 0 Å². The fourth-order valence-electron chi connectivity index (χ4n) is 1.38. The number of sulfonamides is 1. The van der Waals surface area contributed by atoms with Crippen molar-refractivity contribution in [2.75, 3.05) is 24.1 Å². The SMILES string of the molecule is CCc1ccccc1NS(=O)(=O)CCNC. The zero-order chi connectivity index (χ0) is 12.0.